The molecule has 0 N–H and O–H groups in total. The topological polar surface area (TPSA) is 34.5 Å². The number of aromatic nitrogens is 1. The van der Waals surface area contributed by atoms with E-state index in [4.69, 9.17) is 4.74 Å². The molecule has 0 aliphatic heterocycles. The molecular formula is C14H19F3N2OS. The molecule has 1 aromatic heterocycles. The number of rotatable bonds is 6. The van der Waals surface area contributed by atoms with Crippen LogP contribution in [0.3, 0.4) is 0 Å². The molecule has 7 heteroatoms. The molecule has 118 valence electrons. The zero-order valence-corrected chi connectivity index (χ0v) is 13.1. The fourth-order valence-corrected chi connectivity index (χ4v) is 1.89. The van der Waals surface area contributed by atoms with E-state index in [1.807, 2.05) is 20.8 Å². The SMILES string of the molecule is CCCCO/C(=N\SC(C)C)c1cnccc1C(F)(F)F. The number of ether oxygens (including phenoxy) is 1. The van der Waals surface area contributed by atoms with Crippen LogP contribution < -0.4 is 0 Å². The van der Waals surface area contributed by atoms with Crippen LogP contribution in [0.15, 0.2) is 22.9 Å². The van der Waals surface area contributed by atoms with Crippen LogP contribution in [0.1, 0.15) is 44.7 Å². The first-order valence-electron chi connectivity index (χ1n) is 6.74. The summed E-state index contributed by atoms with van der Waals surface area (Å²) in [4.78, 5) is 3.76. The van der Waals surface area contributed by atoms with E-state index in [0.29, 0.717) is 6.61 Å². The summed E-state index contributed by atoms with van der Waals surface area (Å²) in [5.41, 5.74) is -0.897. The van der Waals surface area contributed by atoms with Crippen LogP contribution in [0.2, 0.25) is 0 Å². The second-order valence-electron chi connectivity index (χ2n) is 4.67. The van der Waals surface area contributed by atoms with Crippen LogP contribution in [0, 0.1) is 0 Å². The maximum absolute atomic E-state index is 13.1. The third-order valence-electron chi connectivity index (χ3n) is 2.44. The van der Waals surface area contributed by atoms with Crippen LogP contribution in [0.5, 0.6) is 0 Å². The highest BCUT2D eigenvalue weighted by molar-refractivity contribution is 7.98. The van der Waals surface area contributed by atoms with Gasteiger partial charge in [0.05, 0.1) is 17.7 Å². The van der Waals surface area contributed by atoms with Crippen LogP contribution in [0.4, 0.5) is 13.2 Å². The van der Waals surface area contributed by atoms with Gasteiger partial charge in [0.2, 0.25) is 5.90 Å². The maximum Gasteiger partial charge on any atom is 0.417 e. The van der Waals surface area contributed by atoms with Crippen LogP contribution in [-0.4, -0.2) is 22.7 Å². The second-order valence-corrected chi connectivity index (χ2v) is 6.01. The average Bonchev–Trinajstić information content (AvgIpc) is 2.41. The minimum atomic E-state index is -4.46. The molecule has 0 atom stereocenters. The highest BCUT2D eigenvalue weighted by Crippen LogP contribution is 2.32. The molecule has 1 rings (SSSR count). The van der Waals surface area contributed by atoms with Gasteiger partial charge in [0.25, 0.3) is 0 Å². The molecule has 1 aromatic rings. The lowest BCUT2D eigenvalue weighted by molar-refractivity contribution is -0.137. The van der Waals surface area contributed by atoms with E-state index in [9.17, 15) is 13.2 Å². The first-order valence-corrected chi connectivity index (χ1v) is 7.58. The highest BCUT2D eigenvalue weighted by atomic mass is 32.2. The Labute approximate surface area is 127 Å². The van der Waals surface area contributed by atoms with Crippen molar-refractivity contribution in [2.24, 2.45) is 4.40 Å². The molecule has 0 saturated carbocycles. The lowest BCUT2D eigenvalue weighted by Crippen LogP contribution is -2.16. The maximum atomic E-state index is 13.1. The monoisotopic (exact) mass is 320 g/mol. The number of halogens is 3. The van der Waals surface area contributed by atoms with E-state index in [2.05, 4.69) is 9.38 Å². The summed E-state index contributed by atoms with van der Waals surface area (Å²) in [5.74, 6) is -0.0115. The molecule has 0 fully saturated rings. The number of hydrogen-bond acceptors (Lipinski definition) is 4. The Morgan fingerprint density at radius 3 is 2.71 bits per heavy atom. The summed E-state index contributed by atoms with van der Waals surface area (Å²) in [6.07, 6.45) is -0.549. The molecule has 0 radical (unpaired) electrons. The van der Waals surface area contributed by atoms with Crippen molar-refractivity contribution < 1.29 is 17.9 Å². The smallest absolute Gasteiger partial charge is 0.417 e. The molecule has 0 aliphatic carbocycles. The van der Waals surface area contributed by atoms with Crippen molar-refractivity contribution >= 4 is 17.8 Å². The normalized spacial score (nSPS) is 12.8. The standard InChI is InChI=1S/C14H19F3N2OS/c1-4-5-8-20-13(19-21-10(2)3)11-9-18-7-6-12(11)14(15,16)17/h6-7,9-10H,4-5,8H2,1-3H3/b19-13-. The molecule has 0 unspecified atom stereocenters. The first kappa shape index (κ1) is 17.8. The summed E-state index contributed by atoms with van der Waals surface area (Å²) < 4.78 is 48.7. The Balaban J connectivity index is 3.10. The molecule has 1 heterocycles. The summed E-state index contributed by atoms with van der Waals surface area (Å²) in [6.45, 7) is 6.13. The summed E-state index contributed by atoms with van der Waals surface area (Å²) in [5, 5.41) is 0.154. The third kappa shape index (κ3) is 5.95. The van der Waals surface area contributed by atoms with E-state index in [0.717, 1.165) is 31.3 Å². The molecule has 0 aromatic carbocycles. The summed E-state index contributed by atoms with van der Waals surface area (Å²) in [7, 11) is 0. The zero-order chi connectivity index (χ0) is 15.9. The van der Waals surface area contributed by atoms with Gasteiger partial charge in [-0.05, 0) is 24.4 Å². The van der Waals surface area contributed by atoms with Crippen molar-refractivity contribution in [1.29, 1.82) is 0 Å². The number of hydrogen-bond donors (Lipinski definition) is 0. The van der Waals surface area contributed by atoms with E-state index in [-0.39, 0.29) is 16.7 Å². The van der Waals surface area contributed by atoms with Crippen molar-refractivity contribution in [3.63, 3.8) is 0 Å². The van der Waals surface area contributed by atoms with Crippen LogP contribution in [-0.2, 0) is 10.9 Å². The molecule has 0 spiro atoms. The van der Waals surface area contributed by atoms with E-state index >= 15 is 0 Å². The Bertz CT molecular complexity index is 476. The van der Waals surface area contributed by atoms with Gasteiger partial charge in [0.1, 0.15) is 0 Å². The number of pyridine rings is 1. The van der Waals surface area contributed by atoms with Gasteiger partial charge in [0.15, 0.2) is 0 Å². The van der Waals surface area contributed by atoms with Gasteiger partial charge in [0, 0.05) is 17.6 Å². The quantitative estimate of drug-likeness (QED) is 0.329. The number of nitrogens with zero attached hydrogens (tertiary/aromatic N) is 2. The van der Waals surface area contributed by atoms with Gasteiger partial charge in [-0.2, -0.15) is 17.6 Å². The fourth-order valence-electron chi connectivity index (χ4n) is 1.43. The summed E-state index contributed by atoms with van der Waals surface area (Å²) in [6, 6.07) is 0.939. The largest absolute Gasteiger partial charge is 0.477 e. The number of alkyl halides is 3. The van der Waals surface area contributed by atoms with Crippen molar-refractivity contribution in [2.75, 3.05) is 6.61 Å². The third-order valence-corrected chi connectivity index (χ3v) is 3.13. The highest BCUT2D eigenvalue weighted by Gasteiger charge is 2.35. The van der Waals surface area contributed by atoms with Gasteiger partial charge < -0.3 is 4.74 Å². The molecule has 0 amide bonds. The Hall–Kier alpha value is -1.24. The van der Waals surface area contributed by atoms with Crippen LogP contribution >= 0.6 is 11.9 Å². The first-order chi connectivity index (χ1) is 9.86. The van der Waals surface area contributed by atoms with E-state index in [1.165, 1.54) is 11.9 Å². The van der Waals surface area contributed by atoms with Crippen molar-refractivity contribution in [2.45, 2.75) is 45.0 Å². The van der Waals surface area contributed by atoms with Crippen molar-refractivity contribution in [3.8, 4) is 0 Å². The lowest BCUT2D eigenvalue weighted by Gasteiger charge is -2.14. The van der Waals surface area contributed by atoms with Gasteiger partial charge >= 0.3 is 6.18 Å². The van der Waals surface area contributed by atoms with Gasteiger partial charge in [-0.3, -0.25) is 4.98 Å². The summed E-state index contributed by atoms with van der Waals surface area (Å²) >= 11 is 1.18. The Morgan fingerprint density at radius 2 is 2.14 bits per heavy atom. The van der Waals surface area contributed by atoms with Gasteiger partial charge in [-0.1, -0.05) is 27.2 Å². The molecule has 0 aliphatic rings. The molecular weight excluding hydrogens is 301 g/mol. The van der Waals surface area contributed by atoms with E-state index < -0.39 is 11.7 Å². The molecule has 3 nitrogen and oxygen atoms in total. The molecule has 21 heavy (non-hydrogen) atoms. The lowest BCUT2D eigenvalue weighted by atomic mass is 10.1. The zero-order valence-electron chi connectivity index (χ0n) is 12.3. The van der Waals surface area contributed by atoms with Crippen molar-refractivity contribution in [3.05, 3.63) is 29.6 Å². The fraction of sp³-hybridized carbons (Fsp3) is 0.571. The second kappa shape index (κ2) is 8.26. The van der Waals surface area contributed by atoms with Crippen molar-refractivity contribution in [1.82, 2.24) is 4.98 Å². The predicted octanol–water partition coefficient (Wildman–Crippen LogP) is 4.72. The van der Waals surface area contributed by atoms with E-state index in [1.54, 1.807) is 0 Å². The van der Waals surface area contributed by atoms with Crippen LogP contribution in [0.25, 0.3) is 0 Å². The molecule has 0 bridgehead atoms. The molecule has 0 saturated heterocycles. The minimum Gasteiger partial charge on any atom is -0.477 e. The van der Waals surface area contributed by atoms with Gasteiger partial charge in [-0.25, -0.2) is 0 Å². The number of unbranched alkanes of at least 4 members (excludes halogenated alkanes) is 1. The minimum absolute atomic E-state index is 0.0115. The Kier molecular flexibility index (Phi) is 7.01. The predicted molar refractivity (Wildman–Crippen MR) is 79.4 cm³/mol. The average molecular weight is 320 g/mol. The Morgan fingerprint density at radius 1 is 1.43 bits per heavy atom. The van der Waals surface area contributed by atoms with Gasteiger partial charge in [-0.15, -0.1) is 0 Å².